The van der Waals surface area contributed by atoms with Gasteiger partial charge in [-0.05, 0) is 63.8 Å². The second-order valence-corrected chi connectivity index (χ2v) is 13.8. The molecule has 0 radical (unpaired) electrons. The van der Waals surface area contributed by atoms with Crippen molar-refractivity contribution in [2.45, 2.75) is 83.1 Å². The standard InChI is InChI=1S/C30H40N7O10P/c1-15(2)32-26(40)21(7-9-25(31)39)34-28(42)24-8-5-19-10-11-36(16(3)38)14-23(29(43)37(19)24)35-27(41)22-13-18-12-17(4-6-20(18)33-22)30(44)48(45,46)47/h4,6,12-13,15,19,21,23-24,33H,5,7-11,14H2,1-3H3,(H2,31,39)(H,32,40)(H,34,42)(H,35,41)(H2,45,46,47)/t19-,21+,23+,24+/m1/s1. The number of carbonyl (C=O) groups excluding carboxylic acids is 7. The van der Waals surface area contributed by atoms with Crippen LogP contribution in [0.3, 0.4) is 0 Å². The molecule has 0 bridgehead atoms. The molecule has 8 N–H and O–H groups in total. The maximum atomic E-state index is 14.1. The maximum absolute atomic E-state index is 14.1. The summed E-state index contributed by atoms with van der Waals surface area (Å²) in [7, 11) is -5.04. The molecule has 1 aromatic heterocycles. The second kappa shape index (κ2) is 14.7. The summed E-state index contributed by atoms with van der Waals surface area (Å²) in [5, 5.41) is 8.33. The van der Waals surface area contributed by atoms with Crippen molar-refractivity contribution < 1.29 is 47.9 Å². The van der Waals surface area contributed by atoms with E-state index in [1.165, 1.54) is 41.0 Å². The minimum atomic E-state index is -5.04. The minimum Gasteiger partial charge on any atom is -0.370 e. The van der Waals surface area contributed by atoms with Gasteiger partial charge in [0.25, 0.3) is 11.4 Å². The molecule has 48 heavy (non-hydrogen) atoms. The first-order chi connectivity index (χ1) is 22.5. The molecular weight excluding hydrogens is 649 g/mol. The number of nitrogens with two attached hydrogens (primary N) is 1. The molecule has 1 aromatic carbocycles. The monoisotopic (exact) mass is 689 g/mol. The van der Waals surface area contributed by atoms with Gasteiger partial charge in [0, 0.05) is 55.0 Å². The van der Waals surface area contributed by atoms with E-state index in [4.69, 9.17) is 5.73 Å². The average molecular weight is 690 g/mol. The molecule has 0 unspecified atom stereocenters. The molecule has 2 aliphatic heterocycles. The molecule has 17 nitrogen and oxygen atoms in total. The van der Waals surface area contributed by atoms with E-state index in [1.807, 2.05) is 0 Å². The number of nitrogens with one attached hydrogen (secondary N) is 4. The number of fused-ring (bicyclic) bond motifs is 2. The van der Waals surface area contributed by atoms with Gasteiger partial charge in [-0.3, -0.25) is 38.1 Å². The summed E-state index contributed by atoms with van der Waals surface area (Å²) in [5.74, 6) is -3.43. The van der Waals surface area contributed by atoms with Crippen LogP contribution >= 0.6 is 7.60 Å². The van der Waals surface area contributed by atoms with Crippen molar-refractivity contribution in [3.05, 3.63) is 35.5 Å². The lowest BCUT2D eigenvalue weighted by molar-refractivity contribution is -0.145. The van der Waals surface area contributed by atoms with Crippen molar-refractivity contribution in [3.63, 3.8) is 0 Å². The van der Waals surface area contributed by atoms with Gasteiger partial charge in [-0.1, -0.05) is 0 Å². The summed E-state index contributed by atoms with van der Waals surface area (Å²) in [6, 6.07) is 1.11. The van der Waals surface area contributed by atoms with E-state index >= 15 is 0 Å². The third kappa shape index (κ3) is 8.45. The zero-order valence-electron chi connectivity index (χ0n) is 26.7. The largest absolute Gasteiger partial charge is 0.396 e. The molecule has 4 rings (SSSR count). The molecule has 6 amide bonds. The smallest absolute Gasteiger partial charge is 0.370 e. The molecule has 0 spiro atoms. The van der Waals surface area contributed by atoms with Crippen molar-refractivity contribution >= 4 is 59.5 Å². The number of nitrogens with zero attached hydrogens (tertiary/aromatic N) is 2. The first-order valence-corrected chi connectivity index (χ1v) is 17.1. The lowest BCUT2D eigenvalue weighted by atomic mass is 10.1. The summed E-state index contributed by atoms with van der Waals surface area (Å²) in [6.45, 7) is 4.90. The Morgan fingerprint density at radius 1 is 1.06 bits per heavy atom. The Kier molecular flexibility index (Phi) is 11.1. The normalized spacial score (nSPS) is 20.5. The molecule has 0 aliphatic carbocycles. The van der Waals surface area contributed by atoms with Gasteiger partial charge in [-0.15, -0.1) is 0 Å². The van der Waals surface area contributed by atoms with Gasteiger partial charge in [0.05, 0.1) is 0 Å². The minimum absolute atomic E-state index is 0.0317. The quantitative estimate of drug-likeness (QED) is 0.148. The lowest BCUT2D eigenvalue weighted by Crippen LogP contribution is -2.62. The van der Waals surface area contributed by atoms with Gasteiger partial charge in [0.15, 0.2) is 0 Å². The molecule has 260 valence electrons. The van der Waals surface area contributed by atoms with E-state index in [2.05, 4.69) is 20.9 Å². The number of aromatic amines is 1. The van der Waals surface area contributed by atoms with Crippen LogP contribution in [-0.4, -0.2) is 109 Å². The first-order valence-electron chi connectivity index (χ1n) is 15.5. The molecule has 2 aliphatic rings. The number of benzene rings is 1. The summed E-state index contributed by atoms with van der Waals surface area (Å²) < 4.78 is 11.4. The molecule has 2 aromatic rings. The van der Waals surface area contributed by atoms with Crippen molar-refractivity contribution in [3.8, 4) is 0 Å². The van der Waals surface area contributed by atoms with E-state index in [9.17, 15) is 47.9 Å². The van der Waals surface area contributed by atoms with Gasteiger partial charge < -0.3 is 46.3 Å². The van der Waals surface area contributed by atoms with Crippen LogP contribution in [0.4, 0.5) is 0 Å². The van der Waals surface area contributed by atoms with Crippen LogP contribution in [-0.2, 0) is 28.5 Å². The van der Waals surface area contributed by atoms with Gasteiger partial charge in [-0.25, -0.2) is 0 Å². The van der Waals surface area contributed by atoms with E-state index in [0.717, 1.165) is 0 Å². The molecule has 3 heterocycles. The molecule has 0 saturated carbocycles. The van der Waals surface area contributed by atoms with Crippen LogP contribution in [0.2, 0.25) is 0 Å². The first kappa shape index (κ1) is 36.2. The zero-order chi connectivity index (χ0) is 35.5. The highest BCUT2D eigenvalue weighted by atomic mass is 31.2. The highest BCUT2D eigenvalue weighted by Crippen LogP contribution is 2.39. The number of H-pyrrole nitrogens is 1. The summed E-state index contributed by atoms with van der Waals surface area (Å²) >= 11 is 0. The summed E-state index contributed by atoms with van der Waals surface area (Å²) in [6.07, 6.45) is 0.866. The maximum Gasteiger partial charge on any atom is 0.396 e. The summed E-state index contributed by atoms with van der Waals surface area (Å²) in [4.78, 5) is 114. The third-order valence-electron chi connectivity index (χ3n) is 8.36. The van der Waals surface area contributed by atoms with E-state index < -0.39 is 66.8 Å². The Hall–Kier alpha value is -4.60. The van der Waals surface area contributed by atoms with Crippen LogP contribution in [0.25, 0.3) is 10.9 Å². The summed E-state index contributed by atoms with van der Waals surface area (Å²) in [5.41, 5.74) is 3.99. The van der Waals surface area contributed by atoms with Gasteiger partial charge in [0.2, 0.25) is 29.5 Å². The molecular formula is C30H40N7O10P. The Morgan fingerprint density at radius 3 is 2.40 bits per heavy atom. The fraction of sp³-hybridized carbons (Fsp3) is 0.500. The Morgan fingerprint density at radius 2 is 1.77 bits per heavy atom. The predicted octanol–water partition coefficient (Wildman–Crippen LogP) is -0.529. The van der Waals surface area contributed by atoms with E-state index in [-0.39, 0.29) is 55.6 Å². The van der Waals surface area contributed by atoms with E-state index in [1.54, 1.807) is 13.8 Å². The Balaban J connectivity index is 1.58. The number of hydrogen-bond acceptors (Lipinski definition) is 8. The predicted molar refractivity (Wildman–Crippen MR) is 170 cm³/mol. The Bertz CT molecular complexity index is 1680. The van der Waals surface area contributed by atoms with Crippen LogP contribution in [0.15, 0.2) is 24.3 Å². The molecule has 2 fully saturated rings. The fourth-order valence-corrected chi connectivity index (χ4v) is 6.50. The third-order valence-corrected chi connectivity index (χ3v) is 9.15. The Labute approximate surface area is 275 Å². The number of hydrogen-bond donors (Lipinski definition) is 7. The lowest BCUT2D eigenvalue weighted by Gasteiger charge is -2.38. The zero-order valence-corrected chi connectivity index (χ0v) is 27.6. The number of aromatic nitrogens is 1. The highest BCUT2D eigenvalue weighted by Gasteiger charge is 2.46. The van der Waals surface area contributed by atoms with Crippen molar-refractivity contribution in [2.24, 2.45) is 5.73 Å². The molecule has 4 atom stereocenters. The topological polar surface area (TPSA) is 261 Å². The fourth-order valence-electron chi connectivity index (χ4n) is 6.03. The molecule has 18 heteroatoms. The van der Waals surface area contributed by atoms with E-state index in [0.29, 0.717) is 23.7 Å². The van der Waals surface area contributed by atoms with Gasteiger partial charge in [-0.2, -0.15) is 0 Å². The van der Waals surface area contributed by atoms with Crippen LogP contribution in [0.5, 0.6) is 0 Å². The van der Waals surface area contributed by atoms with Crippen LogP contribution in [0.1, 0.15) is 73.7 Å². The van der Waals surface area contributed by atoms with Crippen LogP contribution < -0.4 is 21.7 Å². The van der Waals surface area contributed by atoms with Crippen molar-refractivity contribution in [1.29, 1.82) is 0 Å². The highest BCUT2D eigenvalue weighted by molar-refractivity contribution is 7.70. The number of primary amides is 1. The molecule has 2 saturated heterocycles. The second-order valence-electron chi connectivity index (χ2n) is 12.3. The van der Waals surface area contributed by atoms with Gasteiger partial charge in [0.1, 0.15) is 23.8 Å². The SMILES string of the molecule is CC(=O)N1CC[C@H]2CC[C@@H](C(=O)N[C@@H](CCC(N)=O)C(=O)NC(C)C)N2C(=O)[C@@H](NC(=O)c2cc3cc(C(=O)P(=O)(O)O)ccc3[nH]2)C1. The number of amides is 6. The average Bonchev–Trinajstić information content (AvgIpc) is 3.62. The van der Waals surface area contributed by atoms with Crippen molar-refractivity contribution in [2.75, 3.05) is 13.1 Å². The van der Waals surface area contributed by atoms with Crippen LogP contribution in [0, 0.1) is 0 Å². The number of carbonyl (C=O) groups is 7. The number of rotatable bonds is 11. The van der Waals surface area contributed by atoms with Gasteiger partial charge >= 0.3 is 7.60 Å². The van der Waals surface area contributed by atoms with Crippen molar-refractivity contribution in [1.82, 2.24) is 30.7 Å².